The molecule has 0 radical (unpaired) electrons. The third kappa shape index (κ3) is 147. The van der Waals surface area contributed by atoms with Crippen LogP contribution in [-0.4, -0.2) is 24.9 Å². The van der Waals surface area contributed by atoms with Crippen LogP contribution in [0.5, 0.6) is 0 Å². The van der Waals surface area contributed by atoms with Crippen LogP contribution in [0.1, 0.15) is 46.5 Å². The Morgan fingerprint density at radius 1 is 1.06 bits per heavy atom. The van der Waals surface area contributed by atoms with Crippen LogP contribution < -0.4 is 5.73 Å². The van der Waals surface area contributed by atoms with Crippen LogP contribution >= 0.6 is 0 Å². The van der Waals surface area contributed by atoms with Gasteiger partial charge in [0, 0.05) is 0 Å². The maximum atomic E-state index is 9.60. The van der Waals surface area contributed by atoms with Crippen molar-refractivity contribution in [2.75, 3.05) is 6.61 Å². The van der Waals surface area contributed by atoms with Crippen molar-refractivity contribution in [1.29, 1.82) is 10.8 Å². The summed E-state index contributed by atoms with van der Waals surface area (Å²) >= 11 is 0. The Hall–Kier alpha value is -1.97. The van der Waals surface area contributed by atoms with Crippen LogP contribution in [0.25, 0.3) is 0 Å². The van der Waals surface area contributed by atoms with Gasteiger partial charge in [0.05, 0.1) is 6.61 Å². The highest BCUT2D eigenvalue weighted by Crippen LogP contribution is 1.95. The number of rotatable bonds is 4. The quantitative estimate of drug-likeness (QED) is 0.407. The molecule has 4 N–H and O–H groups in total. The Bertz CT molecular complexity index is 204. The smallest absolute Gasteiger partial charge is 0.404 e. The topological polar surface area (TPSA) is 134 Å². The molecule has 0 heterocycles. The number of primary amides is 1. The Morgan fingerprint density at radius 3 is 1.39 bits per heavy atom. The van der Waals surface area contributed by atoms with Crippen molar-refractivity contribution < 1.29 is 19.1 Å². The second-order valence-electron chi connectivity index (χ2n) is 2.66. The Balaban J connectivity index is -0.0000000770. The zero-order valence-corrected chi connectivity index (χ0v) is 11.2. The average molecular weight is 261 g/mol. The Kier molecular flexibility index (Phi) is 50.4. The van der Waals surface area contributed by atoms with Gasteiger partial charge in [-0.05, 0) is 6.92 Å². The number of isocyanates is 2. The highest BCUT2D eigenvalue weighted by atomic mass is 16.5. The molecule has 0 atom stereocenters. The van der Waals surface area contributed by atoms with E-state index in [4.69, 9.17) is 20.4 Å². The first-order chi connectivity index (χ1) is 8.51. The van der Waals surface area contributed by atoms with E-state index in [9.17, 15) is 4.79 Å². The molecule has 0 aromatic carbocycles. The molecule has 0 unspecified atom stereocenters. The number of unbranched alkanes of at least 4 members (excludes halogenated alkanes) is 3. The van der Waals surface area contributed by atoms with Crippen LogP contribution in [0, 0.1) is 10.8 Å². The minimum absolute atomic E-state index is 0.356. The largest absolute Gasteiger partial charge is 0.450 e. The first-order valence-corrected chi connectivity index (χ1v) is 5.52. The summed E-state index contributed by atoms with van der Waals surface area (Å²) in [6.07, 6.45) is 6.33. The summed E-state index contributed by atoms with van der Waals surface area (Å²) in [5, 5.41) is 10.8. The van der Waals surface area contributed by atoms with E-state index >= 15 is 0 Å². The van der Waals surface area contributed by atoms with E-state index in [0.717, 1.165) is 12.2 Å². The summed E-state index contributed by atoms with van der Waals surface area (Å²) in [4.78, 5) is 26.3. The molecule has 7 heteroatoms. The molecule has 18 heavy (non-hydrogen) atoms. The van der Waals surface area contributed by atoms with Crippen molar-refractivity contribution in [2.45, 2.75) is 46.5 Å². The molecule has 0 saturated heterocycles. The SMILES string of the molecule is CCCCCC.CCOC(N)=O.N=C=O.N=C=O. The summed E-state index contributed by atoms with van der Waals surface area (Å²) in [6.45, 7) is 6.52. The van der Waals surface area contributed by atoms with Crippen LogP contribution in [0.2, 0.25) is 0 Å². The molecule has 0 aliphatic heterocycles. The van der Waals surface area contributed by atoms with Crippen molar-refractivity contribution >= 4 is 18.3 Å². The zero-order chi connectivity index (χ0) is 15.2. The van der Waals surface area contributed by atoms with Gasteiger partial charge in [0.15, 0.2) is 0 Å². The highest BCUT2D eigenvalue weighted by molar-refractivity contribution is 5.64. The third-order valence-electron chi connectivity index (χ3n) is 1.24. The van der Waals surface area contributed by atoms with Crippen LogP contribution in [0.4, 0.5) is 4.79 Å². The fourth-order valence-electron chi connectivity index (χ4n) is 0.642. The number of hydrogen-bond acceptors (Lipinski definition) is 6. The third-order valence-corrected chi connectivity index (χ3v) is 1.24. The predicted octanol–water partition coefficient (Wildman–Crippen LogP) is 2.49. The molecule has 0 spiro atoms. The molecule has 1 amide bonds. The lowest BCUT2D eigenvalue weighted by Crippen LogP contribution is -2.11. The molecule has 0 aromatic heterocycles. The standard InChI is InChI=1S/C6H14.C3H7NO2.2CHNO/c1-3-5-6-4-2;1-2-6-3(4)5;2*2-1-3/h3-6H2,1-2H3;2H2,1H3,(H2,4,5);2*2H. The number of carbonyl (C=O) groups excluding carboxylic acids is 3. The normalized spacial score (nSPS) is 6.39. The molecule has 0 saturated carbocycles. The number of carbonyl (C=O) groups is 1. The van der Waals surface area contributed by atoms with Gasteiger partial charge >= 0.3 is 6.09 Å². The minimum Gasteiger partial charge on any atom is -0.450 e. The second-order valence-corrected chi connectivity index (χ2v) is 2.66. The van der Waals surface area contributed by atoms with E-state index in [1.165, 1.54) is 25.7 Å². The predicted molar refractivity (Wildman–Crippen MR) is 67.9 cm³/mol. The first kappa shape index (κ1) is 25.0. The van der Waals surface area contributed by atoms with Gasteiger partial charge in [-0.15, -0.1) is 0 Å². The fraction of sp³-hybridized carbons (Fsp3) is 0.727. The molecule has 7 nitrogen and oxygen atoms in total. The molecule has 0 aromatic rings. The number of ether oxygens (including phenoxy) is 1. The molecular weight excluding hydrogens is 238 g/mol. The molecule has 0 rings (SSSR count). The van der Waals surface area contributed by atoms with Crippen LogP contribution in [0.3, 0.4) is 0 Å². The summed E-state index contributed by atoms with van der Waals surface area (Å²) < 4.78 is 4.18. The van der Waals surface area contributed by atoms with E-state index < -0.39 is 6.09 Å². The molecule has 0 fully saturated rings. The molecular formula is C11H23N3O4. The van der Waals surface area contributed by atoms with Crippen molar-refractivity contribution in [3.8, 4) is 0 Å². The lowest BCUT2D eigenvalue weighted by molar-refractivity contribution is 0.163. The van der Waals surface area contributed by atoms with Gasteiger partial charge in [0.2, 0.25) is 12.2 Å². The van der Waals surface area contributed by atoms with Gasteiger partial charge in [-0.25, -0.2) is 25.2 Å². The number of nitrogens with one attached hydrogen (secondary N) is 2. The van der Waals surface area contributed by atoms with Crippen LogP contribution in [0.15, 0.2) is 0 Å². The molecule has 106 valence electrons. The highest BCUT2D eigenvalue weighted by Gasteiger charge is 1.82. The average Bonchev–Trinajstić information content (AvgIpc) is 2.29. The van der Waals surface area contributed by atoms with E-state index in [-0.39, 0.29) is 0 Å². The van der Waals surface area contributed by atoms with Gasteiger partial charge in [0.25, 0.3) is 0 Å². The van der Waals surface area contributed by atoms with Crippen molar-refractivity contribution in [3.05, 3.63) is 0 Å². The Labute approximate surface area is 108 Å². The van der Waals surface area contributed by atoms with E-state index in [0.29, 0.717) is 6.61 Å². The van der Waals surface area contributed by atoms with E-state index in [1.807, 2.05) is 0 Å². The summed E-state index contributed by atoms with van der Waals surface area (Å²) in [5.74, 6) is 0. The lowest BCUT2D eigenvalue weighted by Gasteiger charge is -1.89. The minimum atomic E-state index is -0.711. The Morgan fingerprint density at radius 2 is 1.33 bits per heavy atom. The van der Waals surface area contributed by atoms with E-state index in [1.54, 1.807) is 6.92 Å². The zero-order valence-electron chi connectivity index (χ0n) is 11.2. The monoisotopic (exact) mass is 261 g/mol. The van der Waals surface area contributed by atoms with Crippen molar-refractivity contribution in [1.82, 2.24) is 0 Å². The van der Waals surface area contributed by atoms with Gasteiger partial charge in [-0.3, -0.25) is 0 Å². The van der Waals surface area contributed by atoms with E-state index in [2.05, 4.69) is 24.3 Å². The lowest BCUT2D eigenvalue weighted by atomic mass is 10.2. The summed E-state index contributed by atoms with van der Waals surface area (Å²) in [5.41, 5.74) is 4.54. The summed E-state index contributed by atoms with van der Waals surface area (Å²) in [6, 6.07) is 0. The molecule has 0 bridgehead atoms. The maximum absolute atomic E-state index is 9.60. The molecule has 0 aliphatic rings. The van der Waals surface area contributed by atoms with Crippen molar-refractivity contribution in [2.24, 2.45) is 5.73 Å². The van der Waals surface area contributed by atoms with Gasteiger partial charge in [0.1, 0.15) is 0 Å². The van der Waals surface area contributed by atoms with Crippen molar-refractivity contribution in [3.63, 3.8) is 0 Å². The summed E-state index contributed by atoms with van der Waals surface area (Å²) in [7, 11) is 0. The number of nitrogens with two attached hydrogens (primary N) is 1. The maximum Gasteiger partial charge on any atom is 0.404 e. The fourth-order valence-corrected chi connectivity index (χ4v) is 0.642. The second kappa shape index (κ2) is 36.3. The van der Waals surface area contributed by atoms with Crippen LogP contribution in [-0.2, 0) is 14.3 Å². The molecule has 0 aliphatic carbocycles. The van der Waals surface area contributed by atoms with Gasteiger partial charge in [-0.2, -0.15) is 0 Å². The van der Waals surface area contributed by atoms with Gasteiger partial charge < -0.3 is 10.5 Å². The van der Waals surface area contributed by atoms with Gasteiger partial charge in [-0.1, -0.05) is 39.5 Å². The number of hydrogen-bond donors (Lipinski definition) is 3. The number of amides is 1. The first-order valence-electron chi connectivity index (χ1n) is 5.52.